The Kier molecular flexibility index (Phi) is 13.2. The summed E-state index contributed by atoms with van der Waals surface area (Å²) < 4.78 is 10.0. The Labute approximate surface area is 129 Å². The molecule has 0 saturated heterocycles. The minimum atomic E-state index is -0.480. The van der Waals surface area contributed by atoms with Crippen molar-refractivity contribution in [2.24, 2.45) is 5.92 Å². The fourth-order valence-corrected chi connectivity index (χ4v) is 1.87. The summed E-state index contributed by atoms with van der Waals surface area (Å²) in [6, 6.07) is 0. The average molecular weight is 300 g/mol. The highest BCUT2D eigenvalue weighted by molar-refractivity contribution is 5.91. The Bertz CT molecular complexity index is 276. The Balaban J connectivity index is 3.45. The lowest BCUT2D eigenvalue weighted by molar-refractivity contribution is -0.154. The molecule has 0 aromatic rings. The van der Waals surface area contributed by atoms with E-state index in [0.717, 1.165) is 25.7 Å². The van der Waals surface area contributed by atoms with Gasteiger partial charge < -0.3 is 9.47 Å². The van der Waals surface area contributed by atoms with Gasteiger partial charge in [-0.2, -0.15) is 0 Å². The van der Waals surface area contributed by atoms with Gasteiger partial charge >= 0.3 is 11.9 Å². The maximum absolute atomic E-state index is 11.4. The van der Waals surface area contributed by atoms with Gasteiger partial charge in [-0.15, -0.1) is 0 Å². The molecule has 0 N–H and O–H groups in total. The zero-order valence-corrected chi connectivity index (χ0v) is 14.0. The number of hydrogen-bond acceptors (Lipinski definition) is 4. The van der Waals surface area contributed by atoms with Gasteiger partial charge in [-0.25, -0.2) is 0 Å². The third kappa shape index (κ3) is 13.7. The maximum Gasteiger partial charge on any atom is 0.317 e. The highest BCUT2D eigenvalue weighted by Gasteiger charge is 2.12. The van der Waals surface area contributed by atoms with E-state index in [1.807, 2.05) is 0 Å². The standard InChI is InChI=1S/C17H32O4/c1-4-6-7-8-9-10-12-20-16(18)14-17(19)21-13-11-15(3)5-2/h15H,4-14H2,1-3H3. The molecular formula is C17H32O4. The van der Waals surface area contributed by atoms with Gasteiger partial charge in [-0.05, 0) is 18.8 Å². The van der Waals surface area contributed by atoms with Crippen LogP contribution in [-0.4, -0.2) is 25.2 Å². The minimum Gasteiger partial charge on any atom is -0.465 e. The molecule has 4 nitrogen and oxygen atoms in total. The van der Waals surface area contributed by atoms with Crippen LogP contribution in [0.4, 0.5) is 0 Å². The number of carbonyl (C=O) groups excluding carboxylic acids is 2. The van der Waals surface area contributed by atoms with Gasteiger partial charge in [0.1, 0.15) is 6.42 Å². The molecular weight excluding hydrogens is 268 g/mol. The van der Waals surface area contributed by atoms with E-state index in [1.54, 1.807) is 0 Å². The molecule has 0 spiro atoms. The van der Waals surface area contributed by atoms with Crippen molar-refractivity contribution in [3.8, 4) is 0 Å². The van der Waals surface area contributed by atoms with Crippen LogP contribution in [-0.2, 0) is 19.1 Å². The quantitative estimate of drug-likeness (QED) is 0.290. The van der Waals surface area contributed by atoms with Crippen LogP contribution in [0, 0.1) is 5.92 Å². The van der Waals surface area contributed by atoms with Crippen LogP contribution in [0.25, 0.3) is 0 Å². The van der Waals surface area contributed by atoms with E-state index in [9.17, 15) is 9.59 Å². The topological polar surface area (TPSA) is 52.6 Å². The molecule has 0 aromatic heterocycles. The summed E-state index contributed by atoms with van der Waals surface area (Å²) in [6.45, 7) is 7.20. The smallest absolute Gasteiger partial charge is 0.317 e. The van der Waals surface area contributed by atoms with Crippen molar-refractivity contribution in [3.05, 3.63) is 0 Å². The van der Waals surface area contributed by atoms with E-state index in [0.29, 0.717) is 19.1 Å². The van der Waals surface area contributed by atoms with Gasteiger partial charge in [0.2, 0.25) is 0 Å². The van der Waals surface area contributed by atoms with Gasteiger partial charge in [0.15, 0.2) is 0 Å². The van der Waals surface area contributed by atoms with Gasteiger partial charge in [-0.1, -0.05) is 59.3 Å². The lowest BCUT2D eigenvalue weighted by Gasteiger charge is -2.09. The fraction of sp³-hybridized carbons (Fsp3) is 0.882. The SMILES string of the molecule is CCCCCCCCOC(=O)CC(=O)OCCC(C)CC. The minimum absolute atomic E-state index is 0.268. The fourth-order valence-electron chi connectivity index (χ4n) is 1.87. The van der Waals surface area contributed by atoms with E-state index in [-0.39, 0.29) is 6.42 Å². The number of unbranched alkanes of at least 4 members (excludes halogenated alkanes) is 5. The Morgan fingerprint density at radius 2 is 1.43 bits per heavy atom. The van der Waals surface area contributed by atoms with Gasteiger partial charge in [0, 0.05) is 0 Å². The van der Waals surface area contributed by atoms with Crippen LogP contribution in [0.1, 0.15) is 78.6 Å². The highest BCUT2D eigenvalue weighted by Crippen LogP contribution is 2.07. The predicted molar refractivity (Wildman–Crippen MR) is 84.0 cm³/mol. The summed E-state index contributed by atoms with van der Waals surface area (Å²) in [7, 11) is 0. The van der Waals surface area contributed by atoms with Crippen LogP contribution >= 0.6 is 0 Å². The largest absolute Gasteiger partial charge is 0.465 e. The molecule has 21 heavy (non-hydrogen) atoms. The Morgan fingerprint density at radius 3 is 2.05 bits per heavy atom. The first-order chi connectivity index (χ1) is 10.1. The van der Waals surface area contributed by atoms with Gasteiger partial charge in [0.05, 0.1) is 13.2 Å². The van der Waals surface area contributed by atoms with E-state index in [2.05, 4.69) is 20.8 Å². The van der Waals surface area contributed by atoms with E-state index in [1.165, 1.54) is 25.7 Å². The van der Waals surface area contributed by atoms with Crippen molar-refractivity contribution in [3.63, 3.8) is 0 Å². The summed E-state index contributed by atoms with van der Waals surface area (Å²) in [4.78, 5) is 22.8. The van der Waals surface area contributed by atoms with Crippen molar-refractivity contribution in [1.82, 2.24) is 0 Å². The second-order valence-electron chi connectivity index (χ2n) is 5.69. The molecule has 0 heterocycles. The second kappa shape index (κ2) is 13.9. The zero-order valence-electron chi connectivity index (χ0n) is 14.0. The summed E-state index contributed by atoms with van der Waals surface area (Å²) in [5.74, 6) is -0.416. The van der Waals surface area contributed by atoms with Crippen molar-refractivity contribution < 1.29 is 19.1 Å². The molecule has 1 atom stereocenters. The summed E-state index contributed by atoms with van der Waals surface area (Å²) in [5.41, 5.74) is 0. The van der Waals surface area contributed by atoms with Crippen LogP contribution in [0.2, 0.25) is 0 Å². The van der Waals surface area contributed by atoms with E-state index >= 15 is 0 Å². The molecule has 0 saturated carbocycles. The molecule has 0 aliphatic carbocycles. The molecule has 0 rings (SSSR count). The number of hydrogen-bond donors (Lipinski definition) is 0. The normalized spacial score (nSPS) is 12.0. The van der Waals surface area contributed by atoms with Gasteiger partial charge in [-0.3, -0.25) is 9.59 Å². The highest BCUT2D eigenvalue weighted by atomic mass is 16.6. The number of rotatable bonds is 13. The number of carbonyl (C=O) groups is 2. The summed E-state index contributed by atoms with van der Waals surface area (Å²) in [5, 5.41) is 0. The third-order valence-corrected chi connectivity index (χ3v) is 3.62. The Morgan fingerprint density at radius 1 is 0.857 bits per heavy atom. The first kappa shape index (κ1) is 19.9. The van der Waals surface area contributed by atoms with Crippen LogP contribution in [0.15, 0.2) is 0 Å². The molecule has 4 heteroatoms. The molecule has 1 unspecified atom stereocenters. The molecule has 124 valence electrons. The van der Waals surface area contributed by atoms with E-state index in [4.69, 9.17) is 9.47 Å². The zero-order chi connectivity index (χ0) is 15.9. The predicted octanol–water partition coefficient (Wildman–Crippen LogP) is 4.26. The third-order valence-electron chi connectivity index (χ3n) is 3.62. The molecule has 0 amide bonds. The number of ether oxygens (including phenoxy) is 2. The van der Waals surface area contributed by atoms with E-state index < -0.39 is 11.9 Å². The average Bonchev–Trinajstić information content (AvgIpc) is 2.46. The van der Waals surface area contributed by atoms with Crippen molar-refractivity contribution in [2.45, 2.75) is 78.6 Å². The second-order valence-corrected chi connectivity index (χ2v) is 5.69. The molecule has 0 aromatic carbocycles. The van der Waals surface area contributed by atoms with Crippen LogP contribution < -0.4 is 0 Å². The lowest BCUT2D eigenvalue weighted by atomic mass is 10.1. The van der Waals surface area contributed by atoms with Crippen molar-refractivity contribution in [2.75, 3.05) is 13.2 Å². The molecule has 0 fully saturated rings. The molecule has 0 bridgehead atoms. The maximum atomic E-state index is 11.4. The monoisotopic (exact) mass is 300 g/mol. The van der Waals surface area contributed by atoms with Gasteiger partial charge in [0.25, 0.3) is 0 Å². The van der Waals surface area contributed by atoms with Crippen molar-refractivity contribution in [1.29, 1.82) is 0 Å². The lowest BCUT2D eigenvalue weighted by Crippen LogP contribution is -2.15. The first-order valence-electron chi connectivity index (χ1n) is 8.41. The summed E-state index contributed by atoms with van der Waals surface area (Å²) in [6.07, 6.45) is 8.51. The van der Waals surface area contributed by atoms with Crippen LogP contribution in [0.5, 0.6) is 0 Å². The molecule has 0 radical (unpaired) electrons. The van der Waals surface area contributed by atoms with Crippen LogP contribution in [0.3, 0.4) is 0 Å². The molecule has 0 aliphatic heterocycles. The van der Waals surface area contributed by atoms with Crippen molar-refractivity contribution >= 4 is 11.9 Å². The molecule has 0 aliphatic rings. The summed E-state index contributed by atoms with van der Waals surface area (Å²) >= 11 is 0. The first-order valence-corrected chi connectivity index (χ1v) is 8.41. The number of esters is 2. The Hall–Kier alpha value is -1.06.